The van der Waals surface area contributed by atoms with E-state index in [1.807, 2.05) is 67.8 Å². The molecule has 0 bridgehead atoms. The lowest BCUT2D eigenvalue weighted by molar-refractivity contribution is 0.0935. The minimum Gasteiger partial charge on any atom is -0.494 e. The van der Waals surface area contributed by atoms with Crippen molar-refractivity contribution in [1.29, 1.82) is 0 Å². The highest BCUT2D eigenvalue weighted by atomic mass is 16.3. The summed E-state index contributed by atoms with van der Waals surface area (Å²) in [5.41, 5.74) is 6.18. The zero-order valence-corrected chi connectivity index (χ0v) is 24.8. The van der Waals surface area contributed by atoms with Crippen LogP contribution < -0.4 is 5.32 Å². The third-order valence-electron chi connectivity index (χ3n) is 8.18. The molecule has 3 N–H and O–H groups in total. The number of hydrogen-bond donors (Lipinski definition) is 3. The molecule has 3 aromatic carbocycles. The van der Waals surface area contributed by atoms with Gasteiger partial charge in [-0.2, -0.15) is 5.10 Å². The highest BCUT2D eigenvalue weighted by Gasteiger charge is 2.22. The Labute approximate surface area is 252 Å². The second-order valence-corrected chi connectivity index (χ2v) is 11.3. The summed E-state index contributed by atoms with van der Waals surface area (Å²) >= 11 is 0. The van der Waals surface area contributed by atoms with Gasteiger partial charge in [0.25, 0.3) is 5.91 Å². The average molecular weight is 575 g/mol. The van der Waals surface area contributed by atoms with Crippen LogP contribution in [0.25, 0.3) is 10.9 Å². The average Bonchev–Trinajstić information content (AvgIpc) is 3.61. The molecule has 1 aliphatic rings. The summed E-state index contributed by atoms with van der Waals surface area (Å²) in [5, 5.41) is 19.5. The normalized spacial score (nSPS) is 15.1. The molecule has 6 rings (SSSR count). The molecule has 3 heterocycles. The summed E-state index contributed by atoms with van der Waals surface area (Å²) in [6, 6.07) is 23.6. The van der Waals surface area contributed by atoms with Gasteiger partial charge in [-0.15, -0.1) is 0 Å². The van der Waals surface area contributed by atoms with Crippen LogP contribution >= 0.6 is 0 Å². The zero-order valence-electron chi connectivity index (χ0n) is 24.8. The minimum atomic E-state index is -0.172. The number of aryl methyl sites for hydroxylation is 1. The molecule has 1 fully saturated rings. The fourth-order valence-corrected chi connectivity index (χ4v) is 5.94. The first-order valence-electron chi connectivity index (χ1n) is 15.1. The predicted octanol–water partition coefficient (Wildman–Crippen LogP) is 6.64. The number of nitrogens with one attached hydrogen (secondary N) is 2. The Bertz CT molecular complexity index is 1750. The molecule has 0 spiro atoms. The van der Waals surface area contributed by atoms with E-state index in [4.69, 9.17) is 4.99 Å². The molecule has 0 aliphatic carbocycles. The van der Waals surface area contributed by atoms with Crippen LogP contribution in [0.15, 0.2) is 90.2 Å². The van der Waals surface area contributed by atoms with E-state index in [0.717, 1.165) is 48.4 Å². The number of carbonyl (C=O) groups is 1. The molecule has 1 amide bonds. The van der Waals surface area contributed by atoms with Gasteiger partial charge in [0.1, 0.15) is 0 Å². The molecule has 0 saturated carbocycles. The number of fused-ring (bicyclic) bond motifs is 1. The number of hydrogen-bond acceptors (Lipinski definition) is 5. The number of aromatic hydroxyl groups is 1. The fourth-order valence-electron chi connectivity index (χ4n) is 5.94. The maximum absolute atomic E-state index is 13.5. The topological polar surface area (TPSA) is 98.5 Å². The summed E-state index contributed by atoms with van der Waals surface area (Å²) in [6.45, 7) is 5.20. The number of piperidine rings is 1. The lowest BCUT2D eigenvalue weighted by Crippen LogP contribution is -2.28. The predicted molar refractivity (Wildman–Crippen MR) is 171 cm³/mol. The van der Waals surface area contributed by atoms with Crippen LogP contribution in [0.3, 0.4) is 0 Å². The number of nitrogens with zero attached hydrogens (tertiary/aromatic N) is 4. The van der Waals surface area contributed by atoms with Gasteiger partial charge in [-0.05, 0) is 73.8 Å². The molecule has 8 heteroatoms. The summed E-state index contributed by atoms with van der Waals surface area (Å²) in [4.78, 5) is 24.1. The molecular formula is C35H38N6O2. The van der Waals surface area contributed by atoms with Gasteiger partial charge >= 0.3 is 0 Å². The number of carbonyl (C=O) groups excluding carboxylic acids is 1. The number of aliphatic imine (C=N–C) groups is 1. The lowest BCUT2D eigenvalue weighted by Gasteiger charge is -2.26. The van der Waals surface area contributed by atoms with Crippen LogP contribution in [-0.2, 0) is 13.6 Å². The van der Waals surface area contributed by atoms with Crippen molar-refractivity contribution in [3.05, 3.63) is 113 Å². The van der Waals surface area contributed by atoms with Crippen LogP contribution in [0.5, 0.6) is 5.88 Å². The van der Waals surface area contributed by atoms with E-state index in [1.165, 1.54) is 24.8 Å². The molecule has 8 nitrogen and oxygen atoms in total. The minimum absolute atomic E-state index is 0.00430. The van der Waals surface area contributed by atoms with Crippen LogP contribution in [0.4, 0.5) is 5.69 Å². The number of rotatable bonds is 9. The molecule has 2 aromatic heterocycles. The van der Waals surface area contributed by atoms with Gasteiger partial charge < -0.3 is 15.4 Å². The van der Waals surface area contributed by atoms with E-state index < -0.39 is 0 Å². The maximum atomic E-state index is 13.5. The van der Waals surface area contributed by atoms with Crippen molar-refractivity contribution in [1.82, 2.24) is 25.0 Å². The third-order valence-corrected chi connectivity index (χ3v) is 8.18. The van der Waals surface area contributed by atoms with Crippen molar-refractivity contribution in [3.8, 4) is 5.88 Å². The van der Waals surface area contributed by atoms with Crippen molar-refractivity contribution in [3.63, 3.8) is 0 Å². The summed E-state index contributed by atoms with van der Waals surface area (Å²) < 4.78 is 1.72. The fraction of sp³-hybridized carbons (Fsp3) is 0.286. The van der Waals surface area contributed by atoms with Gasteiger partial charge in [-0.1, -0.05) is 55.8 Å². The highest BCUT2D eigenvalue weighted by molar-refractivity contribution is 6.22. The Morgan fingerprint density at radius 1 is 1.02 bits per heavy atom. The molecule has 0 radical (unpaired) electrons. The quantitative estimate of drug-likeness (QED) is 0.172. The van der Waals surface area contributed by atoms with Gasteiger partial charge in [-0.25, -0.2) is 4.99 Å². The van der Waals surface area contributed by atoms with Crippen LogP contribution in [0.2, 0.25) is 0 Å². The van der Waals surface area contributed by atoms with Crippen molar-refractivity contribution < 1.29 is 9.90 Å². The standard InChI is InChI=1S/C35H38N6O2/c1-3-30(25-12-6-4-7-13-25)38-34(42)26-15-16-31-29(20-26)32(35(43)39-31)33(27-21-36-40(2)23-27)37-28-14-10-11-24(19-28)22-41-17-8-5-9-18-41/h4,6-7,10-16,19-21,23,30,39,43H,3,5,8-9,17-18,22H2,1-2H3,(H,38,42)/t30-/m1/s1. The first-order chi connectivity index (χ1) is 21.0. The molecule has 220 valence electrons. The van der Waals surface area contributed by atoms with Gasteiger partial charge in [0, 0.05) is 41.8 Å². The van der Waals surface area contributed by atoms with Gasteiger partial charge in [0.15, 0.2) is 5.88 Å². The maximum Gasteiger partial charge on any atom is 0.251 e. The number of aromatic nitrogens is 3. The van der Waals surface area contributed by atoms with E-state index in [2.05, 4.69) is 39.4 Å². The summed E-state index contributed by atoms with van der Waals surface area (Å²) in [6.07, 6.45) is 8.19. The van der Waals surface area contributed by atoms with Crippen LogP contribution in [0.1, 0.15) is 71.3 Å². The largest absolute Gasteiger partial charge is 0.494 e. The Balaban J connectivity index is 1.37. The Morgan fingerprint density at radius 2 is 1.84 bits per heavy atom. The van der Waals surface area contributed by atoms with Gasteiger partial charge in [0.05, 0.1) is 29.2 Å². The van der Waals surface area contributed by atoms with Crippen molar-refractivity contribution in [2.75, 3.05) is 13.1 Å². The number of benzene rings is 3. The molecular weight excluding hydrogens is 536 g/mol. The van der Waals surface area contributed by atoms with E-state index >= 15 is 0 Å². The molecule has 5 aromatic rings. The van der Waals surface area contributed by atoms with E-state index in [0.29, 0.717) is 22.2 Å². The third kappa shape index (κ3) is 6.39. The smallest absolute Gasteiger partial charge is 0.251 e. The Hall–Kier alpha value is -4.69. The first kappa shape index (κ1) is 28.4. The first-order valence-corrected chi connectivity index (χ1v) is 15.1. The SMILES string of the molecule is CC[C@@H](NC(=O)c1ccc2[nH]c(O)c(C(=Nc3cccc(CN4CCCCC4)c3)c3cnn(C)c3)c2c1)c1ccccc1. The monoisotopic (exact) mass is 574 g/mol. The second-order valence-electron chi connectivity index (χ2n) is 11.3. The van der Waals surface area contributed by atoms with E-state index in [-0.39, 0.29) is 17.8 Å². The lowest BCUT2D eigenvalue weighted by atomic mass is 10.0. The number of H-pyrrole nitrogens is 1. The van der Waals surface area contributed by atoms with Crippen molar-refractivity contribution in [2.24, 2.45) is 12.0 Å². The molecule has 43 heavy (non-hydrogen) atoms. The molecule has 1 aliphatic heterocycles. The van der Waals surface area contributed by atoms with E-state index in [9.17, 15) is 9.90 Å². The number of likely N-dealkylation sites (tertiary alicyclic amines) is 1. The number of amides is 1. The molecule has 1 saturated heterocycles. The summed E-state index contributed by atoms with van der Waals surface area (Å²) in [5.74, 6) is -0.176. The Morgan fingerprint density at radius 3 is 2.58 bits per heavy atom. The van der Waals surface area contributed by atoms with Gasteiger partial charge in [-0.3, -0.25) is 14.4 Å². The summed E-state index contributed by atoms with van der Waals surface area (Å²) in [7, 11) is 1.86. The van der Waals surface area contributed by atoms with Crippen molar-refractivity contribution >= 4 is 28.2 Å². The van der Waals surface area contributed by atoms with E-state index in [1.54, 1.807) is 16.9 Å². The van der Waals surface area contributed by atoms with Gasteiger partial charge in [0.2, 0.25) is 0 Å². The highest BCUT2D eigenvalue weighted by Crippen LogP contribution is 2.33. The Kier molecular flexibility index (Phi) is 8.38. The zero-order chi connectivity index (χ0) is 29.8. The van der Waals surface area contributed by atoms with Crippen LogP contribution in [-0.4, -0.2) is 49.5 Å². The molecule has 0 unspecified atom stereocenters. The van der Waals surface area contributed by atoms with Crippen LogP contribution in [0, 0.1) is 0 Å². The molecule has 1 atom stereocenters. The van der Waals surface area contributed by atoms with Crippen molar-refractivity contribution in [2.45, 2.75) is 45.2 Å². The second kappa shape index (κ2) is 12.7. The number of aromatic amines is 1.